The lowest BCUT2D eigenvalue weighted by Crippen LogP contribution is -2.76. The number of carbonyl (C=O) groups is 3. The van der Waals surface area contributed by atoms with E-state index in [1.165, 1.54) is 11.0 Å². The van der Waals surface area contributed by atoms with Crippen LogP contribution in [-0.4, -0.2) is 42.6 Å². The number of carbonyl (C=O) groups excluding carboxylic acids is 3. The van der Waals surface area contributed by atoms with E-state index in [1.54, 1.807) is 6.92 Å². The van der Waals surface area contributed by atoms with E-state index in [9.17, 15) is 18.8 Å². The van der Waals surface area contributed by atoms with Crippen LogP contribution in [-0.2, 0) is 20.7 Å². The van der Waals surface area contributed by atoms with Crippen molar-refractivity contribution in [3.63, 3.8) is 0 Å². The first kappa shape index (κ1) is 20.2. The number of nitrogens with one attached hydrogen (secondary N) is 2. The fraction of sp³-hybridized carbons (Fsp3) is 0.500. The number of anilines is 1. The van der Waals surface area contributed by atoms with E-state index in [0.717, 1.165) is 0 Å². The van der Waals surface area contributed by atoms with Gasteiger partial charge in [-0.05, 0) is 30.9 Å². The predicted octanol–water partition coefficient (Wildman–Crippen LogP) is 2.04. The third-order valence-corrected chi connectivity index (χ3v) is 6.03. The van der Waals surface area contributed by atoms with Crippen LogP contribution in [0, 0.1) is 29.5 Å². The molecule has 1 aromatic carbocycles. The molecule has 0 aliphatic carbocycles. The Morgan fingerprint density at radius 3 is 2.43 bits per heavy atom. The Morgan fingerprint density at radius 1 is 1.23 bits per heavy atom. The Morgan fingerprint density at radius 2 is 1.87 bits per heavy atom. The van der Waals surface area contributed by atoms with Crippen LogP contribution in [0.5, 0.6) is 0 Å². The SMILES string of the molecule is [C-]#[N+]c1cc2c(c(F)c1F)N1C[C@@H](C)O[C@@H](C(C)C)[C@@H]1C1(C2)C(=O)NC(=O)NC1=O. The number of urea groups is 1. The Bertz CT molecular complexity index is 999. The summed E-state index contributed by atoms with van der Waals surface area (Å²) < 4.78 is 35.6. The van der Waals surface area contributed by atoms with E-state index in [1.807, 2.05) is 13.8 Å². The average Bonchev–Trinajstić information content (AvgIpc) is 2.67. The van der Waals surface area contributed by atoms with Gasteiger partial charge in [0.05, 0.1) is 30.5 Å². The molecule has 2 N–H and O–H groups in total. The molecule has 4 amide bonds. The van der Waals surface area contributed by atoms with E-state index < -0.39 is 58.8 Å². The molecular formula is C20H20F2N4O4. The fourth-order valence-electron chi connectivity index (χ4n) is 4.83. The number of imide groups is 2. The lowest BCUT2D eigenvalue weighted by Gasteiger charge is -2.56. The number of amides is 4. The molecule has 3 aliphatic heterocycles. The highest BCUT2D eigenvalue weighted by atomic mass is 19.2. The summed E-state index contributed by atoms with van der Waals surface area (Å²) in [4.78, 5) is 42.5. The number of hydrogen-bond donors (Lipinski definition) is 2. The van der Waals surface area contributed by atoms with Gasteiger partial charge in [0.15, 0.2) is 17.0 Å². The molecule has 2 fully saturated rings. The molecule has 2 saturated heterocycles. The van der Waals surface area contributed by atoms with Crippen LogP contribution in [0.25, 0.3) is 4.85 Å². The van der Waals surface area contributed by atoms with E-state index in [4.69, 9.17) is 11.3 Å². The first-order valence-corrected chi connectivity index (χ1v) is 9.59. The van der Waals surface area contributed by atoms with E-state index in [2.05, 4.69) is 15.5 Å². The lowest BCUT2D eigenvalue weighted by molar-refractivity contribution is -0.156. The zero-order chi connectivity index (χ0) is 22.0. The maximum absolute atomic E-state index is 15.1. The second-order valence-electron chi connectivity index (χ2n) is 8.28. The van der Waals surface area contributed by atoms with E-state index in [-0.39, 0.29) is 30.1 Å². The molecule has 0 aromatic heterocycles. The Balaban J connectivity index is 2.01. The predicted molar refractivity (Wildman–Crippen MR) is 101 cm³/mol. The van der Waals surface area contributed by atoms with Crippen molar-refractivity contribution in [2.75, 3.05) is 11.4 Å². The number of benzene rings is 1. The maximum atomic E-state index is 15.1. The van der Waals surface area contributed by atoms with Crippen LogP contribution in [0.3, 0.4) is 0 Å². The highest BCUT2D eigenvalue weighted by Gasteiger charge is 2.64. The summed E-state index contributed by atoms with van der Waals surface area (Å²) in [6.07, 6.45) is -1.36. The van der Waals surface area contributed by atoms with Crippen molar-refractivity contribution in [3.8, 4) is 0 Å². The highest BCUT2D eigenvalue weighted by Crippen LogP contribution is 2.50. The van der Waals surface area contributed by atoms with Crippen LogP contribution in [0.4, 0.5) is 25.0 Å². The minimum absolute atomic E-state index is 0.0752. The number of hydrogen-bond acceptors (Lipinski definition) is 5. The third kappa shape index (κ3) is 2.61. The van der Waals surface area contributed by atoms with Gasteiger partial charge in [0.2, 0.25) is 17.5 Å². The fourth-order valence-corrected chi connectivity index (χ4v) is 4.83. The summed E-state index contributed by atoms with van der Waals surface area (Å²) in [6, 6.07) is -0.742. The largest absolute Gasteiger partial charge is 0.371 e. The van der Waals surface area contributed by atoms with E-state index >= 15 is 4.39 Å². The zero-order valence-corrected chi connectivity index (χ0v) is 16.6. The molecule has 1 aromatic rings. The molecule has 8 nitrogen and oxygen atoms in total. The number of halogens is 2. The summed E-state index contributed by atoms with van der Waals surface area (Å²) in [7, 11) is 0. The minimum atomic E-state index is -1.81. The van der Waals surface area contributed by atoms with Gasteiger partial charge in [0.1, 0.15) is 0 Å². The van der Waals surface area contributed by atoms with Crippen LogP contribution in [0.1, 0.15) is 26.3 Å². The molecule has 0 bridgehead atoms. The second kappa shape index (κ2) is 6.74. The first-order chi connectivity index (χ1) is 14.1. The molecule has 0 saturated carbocycles. The van der Waals surface area contributed by atoms with Gasteiger partial charge in [-0.3, -0.25) is 20.2 Å². The van der Waals surface area contributed by atoms with Crippen LogP contribution in [0.15, 0.2) is 6.07 Å². The van der Waals surface area contributed by atoms with Crippen LogP contribution in [0.2, 0.25) is 0 Å². The highest BCUT2D eigenvalue weighted by molar-refractivity contribution is 6.20. The summed E-state index contributed by atoms with van der Waals surface area (Å²) in [5.41, 5.74) is -2.25. The second-order valence-corrected chi connectivity index (χ2v) is 8.28. The molecule has 0 radical (unpaired) electrons. The van der Waals surface area contributed by atoms with Crippen molar-refractivity contribution < 1.29 is 27.9 Å². The number of morpholine rings is 1. The molecule has 0 unspecified atom stereocenters. The van der Waals surface area contributed by atoms with Crippen molar-refractivity contribution >= 4 is 29.2 Å². The van der Waals surface area contributed by atoms with Gasteiger partial charge >= 0.3 is 6.03 Å². The number of nitrogens with zero attached hydrogens (tertiary/aromatic N) is 2. The van der Waals surface area contributed by atoms with Gasteiger partial charge in [-0.15, -0.1) is 0 Å². The number of ether oxygens (including phenoxy) is 1. The van der Waals surface area contributed by atoms with E-state index in [0.29, 0.717) is 0 Å². The van der Waals surface area contributed by atoms with Gasteiger partial charge in [-0.1, -0.05) is 13.8 Å². The Hall–Kier alpha value is -3.06. The number of rotatable bonds is 1. The molecule has 30 heavy (non-hydrogen) atoms. The summed E-state index contributed by atoms with van der Waals surface area (Å²) in [5, 5.41) is 4.28. The average molecular weight is 418 g/mol. The molecule has 1 spiro atoms. The van der Waals surface area contributed by atoms with Crippen molar-refractivity contribution in [1.82, 2.24) is 10.6 Å². The molecule has 4 rings (SSSR count). The maximum Gasteiger partial charge on any atom is 0.328 e. The van der Waals surface area contributed by atoms with Gasteiger partial charge in [0.25, 0.3) is 0 Å². The molecular weight excluding hydrogens is 398 g/mol. The molecule has 10 heteroatoms. The quantitative estimate of drug-likeness (QED) is 0.538. The Labute approximate surface area is 171 Å². The summed E-state index contributed by atoms with van der Waals surface area (Å²) in [5.74, 6) is -4.29. The van der Waals surface area contributed by atoms with Gasteiger partial charge < -0.3 is 9.64 Å². The van der Waals surface area contributed by atoms with Crippen LogP contribution < -0.4 is 15.5 Å². The van der Waals surface area contributed by atoms with Crippen molar-refractivity contribution in [1.29, 1.82) is 0 Å². The normalized spacial score (nSPS) is 27.3. The molecule has 158 valence electrons. The van der Waals surface area contributed by atoms with Crippen molar-refractivity contribution in [2.45, 2.75) is 45.4 Å². The monoisotopic (exact) mass is 418 g/mol. The molecule has 3 aliphatic rings. The summed E-state index contributed by atoms with van der Waals surface area (Å²) in [6.45, 7) is 12.7. The number of barbiturate groups is 1. The molecule has 3 heterocycles. The first-order valence-electron chi connectivity index (χ1n) is 9.59. The standard InChI is InChI=1S/C20H20F2N4O4/c1-8(2)15-16-20(17(27)24-19(29)25-18(20)28)6-10-5-11(23-4)12(21)13(22)14(10)26(16)7-9(3)30-15/h5,8-9,15-16H,6-7H2,1-3H3,(H2,24,25,27,28,29)/t9-,15+,16-/m1/s1. The van der Waals surface area contributed by atoms with Crippen molar-refractivity contribution in [2.24, 2.45) is 11.3 Å². The lowest BCUT2D eigenvalue weighted by atomic mass is 9.65. The minimum Gasteiger partial charge on any atom is -0.371 e. The van der Waals surface area contributed by atoms with Gasteiger partial charge in [0, 0.05) is 6.54 Å². The zero-order valence-electron chi connectivity index (χ0n) is 16.6. The smallest absolute Gasteiger partial charge is 0.328 e. The Kier molecular flexibility index (Phi) is 4.54. The van der Waals surface area contributed by atoms with Crippen LogP contribution >= 0.6 is 0 Å². The topological polar surface area (TPSA) is 92.1 Å². The van der Waals surface area contributed by atoms with Crippen molar-refractivity contribution in [3.05, 3.63) is 34.7 Å². The number of fused-ring (bicyclic) bond motifs is 4. The third-order valence-electron chi connectivity index (χ3n) is 6.03. The van der Waals surface area contributed by atoms with Gasteiger partial charge in [-0.2, -0.15) is 0 Å². The molecule has 3 atom stereocenters. The van der Waals surface area contributed by atoms with Gasteiger partial charge in [-0.25, -0.2) is 18.4 Å². The summed E-state index contributed by atoms with van der Waals surface area (Å²) >= 11 is 0.